The third kappa shape index (κ3) is 5.24. The number of nitrogens with one attached hydrogen (secondary N) is 2. The van der Waals surface area contributed by atoms with E-state index in [1.165, 1.54) is 17.0 Å². The van der Waals surface area contributed by atoms with E-state index in [1.807, 2.05) is 22.6 Å². The predicted octanol–water partition coefficient (Wildman–Crippen LogP) is 4.99. The van der Waals surface area contributed by atoms with Gasteiger partial charge in [-0.25, -0.2) is 0 Å². The Morgan fingerprint density at radius 1 is 1.34 bits per heavy atom. The average molecular weight is 542 g/mol. The molecular weight excluding hydrogens is 522 g/mol. The van der Waals surface area contributed by atoms with E-state index >= 15 is 0 Å². The Labute approximate surface area is 185 Å². The zero-order chi connectivity index (χ0) is 21.2. The molecule has 1 unspecified atom stereocenters. The summed E-state index contributed by atoms with van der Waals surface area (Å²) in [5.41, 5.74) is 0.280. The number of nitrogens with zero attached hydrogens (tertiary/aromatic N) is 1. The van der Waals surface area contributed by atoms with Crippen LogP contribution in [0.4, 0.5) is 13.2 Å². The van der Waals surface area contributed by atoms with Crippen molar-refractivity contribution in [3.8, 4) is 0 Å². The van der Waals surface area contributed by atoms with Crippen molar-refractivity contribution >= 4 is 43.8 Å². The summed E-state index contributed by atoms with van der Waals surface area (Å²) in [4.78, 5) is 14.4. The molecule has 0 spiro atoms. The Hall–Kier alpha value is -1.33. The van der Waals surface area contributed by atoms with Crippen LogP contribution >= 0.6 is 34.2 Å². The number of carbonyl (C=O) groups is 1. The molecule has 1 fully saturated rings. The standard InChI is InChI=1S/C19H20ClF3IN3O2/c20-16-12(4-3-5-13(16)19(21,22)23)18(28)27-8-7-11(17(24)25)14(10-27)26-15-6-1-2-9-29-15/h3-5,15,25-26H,1-2,6-10H2. The monoisotopic (exact) mass is 541 g/mol. The van der Waals surface area contributed by atoms with Gasteiger partial charge in [0.2, 0.25) is 0 Å². The molecule has 1 saturated heterocycles. The van der Waals surface area contributed by atoms with Gasteiger partial charge >= 0.3 is 6.18 Å². The molecule has 2 heterocycles. The van der Waals surface area contributed by atoms with E-state index in [0.717, 1.165) is 30.9 Å². The first-order valence-electron chi connectivity index (χ1n) is 9.18. The maximum Gasteiger partial charge on any atom is 0.417 e. The van der Waals surface area contributed by atoms with Gasteiger partial charge in [0.15, 0.2) is 0 Å². The first kappa shape index (κ1) is 22.4. The second kappa shape index (κ2) is 9.22. The lowest BCUT2D eigenvalue weighted by Gasteiger charge is -2.34. The minimum Gasteiger partial charge on any atom is -0.362 e. The van der Waals surface area contributed by atoms with Crippen LogP contribution < -0.4 is 5.32 Å². The fourth-order valence-electron chi connectivity index (χ4n) is 3.45. The molecule has 158 valence electrons. The topological polar surface area (TPSA) is 65.4 Å². The Bertz CT molecular complexity index is 838. The van der Waals surface area contributed by atoms with Crippen molar-refractivity contribution in [2.24, 2.45) is 0 Å². The van der Waals surface area contributed by atoms with E-state index in [2.05, 4.69) is 5.32 Å². The lowest BCUT2D eigenvalue weighted by molar-refractivity contribution is -0.137. The number of rotatable bonds is 4. The maximum absolute atomic E-state index is 13.1. The highest BCUT2D eigenvalue weighted by molar-refractivity contribution is 14.1. The second-order valence-corrected chi connectivity index (χ2v) is 8.37. The van der Waals surface area contributed by atoms with E-state index in [4.69, 9.17) is 21.7 Å². The molecule has 5 nitrogen and oxygen atoms in total. The minimum atomic E-state index is -4.64. The van der Waals surface area contributed by atoms with Crippen molar-refractivity contribution in [1.29, 1.82) is 5.41 Å². The van der Waals surface area contributed by atoms with Crippen molar-refractivity contribution in [1.82, 2.24) is 10.2 Å². The van der Waals surface area contributed by atoms with E-state index in [1.54, 1.807) is 0 Å². The highest BCUT2D eigenvalue weighted by Crippen LogP contribution is 2.37. The summed E-state index contributed by atoms with van der Waals surface area (Å²) < 4.78 is 45.5. The van der Waals surface area contributed by atoms with Gasteiger partial charge in [-0.1, -0.05) is 17.7 Å². The molecule has 1 atom stereocenters. The van der Waals surface area contributed by atoms with Crippen LogP contribution in [-0.4, -0.2) is 40.4 Å². The summed E-state index contributed by atoms with van der Waals surface area (Å²) in [5, 5.41) is 10.7. The fourth-order valence-corrected chi connectivity index (χ4v) is 4.36. The average Bonchev–Trinajstić information content (AvgIpc) is 2.67. The second-order valence-electron chi connectivity index (χ2n) is 6.91. The molecule has 1 aromatic carbocycles. The van der Waals surface area contributed by atoms with Crippen LogP contribution in [-0.2, 0) is 10.9 Å². The van der Waals surface area contributed by atoms with Crippen LogP contribution in [0.5, 0.6) is 0 Å². The lowest BCUT2D eigenvalue weighted by Crippen LogP contribution is -2.44. The molecule has 10 heteroatoms. The van der Waals surface area contributed by atoms with Crippen molar-refractivity contribution in [2.45, 2.75) is 38.1 Å². The van der Waals surface area contributed by atoms with Gasteiger partial charge < -0.3 is 15.0 Å². The van der Waals surface area contributed by atoms with Crippen molar-refractivity contribution < 1.29 is 22.7 Å². The van der Waals surface area contributed by atoms with Crippen LogP contribution in [0.25, 0.3) is 0 Å². The normalized spacial score (nSPS) is 20.6. The Kier molecular flexibility index (Phi) is 7.10. The summed E-state index contributed by atoms with van der Waals surface area (Å²) in [6, 6.07) is 3.34. The highest BCUT2D eigenvalue weighted by Gasteiger charge is 2.36. The summed E-state index contributed by atoms with van der Waals surface area (Å²) in [6.07, 6.45) is -1.58. The van der Waals surface area contributed by atoms with E-state index < -0.39 is 22.7 Å². The number of alkyl halides is 3. The van der Waals surface area contributed by atoms with E-state index in [-0.39, 0.29) is 18.3 Å². The molecule has 1 aromatic rings. The van der Waals surface area contributed by atoms with Crippen LogP contribution in [0.15, 0.2) is 29.5 Å². The molecular formula is C19H20ClF3IN3O2. The van der Waals surface area contributed by atoms with Crippen LogP contribution in [0, 0.1) is 5.41 Å². The fraction of sp³-hybridized carbons (Fsp3) is 0.474. The van der Waals surface area contributed by atoms with Crippen LogP contribution in [0.3, 0.4) is 0 Å². The van der Waals surface area contributed by atoms with Crippen molar-refractivity contribution in [2.75, 3.05) is 19.7 Å². The van der Waals surface area contributed by atoms with Gasteiger partial charge in [-0.05, 0) is 60.4 Å². The van der Waals surface area contributed by atoms with Crippen molar-refractivity contribution in [3.63, 3.8) is 0 Å². The first-order chi connectivity index (χ1) is 13.7. The zero-order valence-electron chi connectivity index (χ0n) is 15.4. The Balaban J connectivity index is 1.83. The SMILES string of the molecule is N=C(I)C1=C(NC2CCCCO2)CN(C(=O)c2cccc(C(F)(F)F)c2Cl)CC1. The molecule has 0 aliphatic carbocycles. The number of hydrogen-bond donors (Lipinski definition) is 2. The smallest absolute Gasteiger partial charge is 0.362 e. The maximum atomic E-state index is 13.1. The number of amides is 1. The third-order valence-corrected chi connectivity index (χ3v) is 6.00. The number of hydrogen-bond acceptors (Lipinski definition) is 4. The summed E-state index contributed by atoms with van der Waals surface area (Å²) in [6.45, 7) is 1.10. The molecule has 2 aliphatic rings. The molecule has 0 saturated carbocycles. The summed E-state index contributed by atoms with van der Waals surface area (Å²) in [7, 11) is 0. The Morgan fingerprint density at radius 2 is 2.10 bits per heavy atom. The van der Waals surface area contributed by atoms with Gasteiger partial charge in [-0.3, -0.25) is 10.2 Å². The van der Waals surface area contributed by atoms with E-state index in [0.29, 0.717) is 29.0 Å². The molecule has 0 bridgehead atoms. The molecule has 0 radical (unpaired) electrons. The quantitative estimate of drug-likeness (QED) is 0.417. The predicted molar refractivity (Wildman–Crippen MR) is 112 cm³/mol. The summed E-state index contributed by atoms with van der Waals surface area (Å²) in [5.74, 6) is -0.566. The molecule has 1 amide bonds. The summed E-state index contributed by atoms with van der Waals surface area (Å²) >= 11 is 7.85. The molecule has 29 heavy (non-hydrogen) atoms. The molecule has 0 aromatic heterocycles. The number of ether oxygens (including phenoxy) is 1. The van der Waals surface area contributed by atoms with Crippen LogP contribution in [0.2, 0.25) is 5.02 Å². The van der Waals surface area contributed by atoms with Crippen molar-refractivity contribution in [3.05, 3.63) is 45.6 Å². The van der Waals surface area contributed by atoms with Gasteiger partial charge in [0.1, 0.15) is 6.23 Å². The molecule has 3 rings (SSSR count). The number of carbonyl (C=O) groups excluding carboxylic acids is 1. The number of benzene rings is 1. The van der Waals surface area contributed by atoms with Gasteiger partial charge in [0.05, 0.1) is 26.4 Å². The first-order valence-corrected chi connectivity index (χ1v) is 10.6. The number of halogens is 5. The highest BCUT2D eigenvalue weighted by atomic mass is 127. The third-order valence-electron chi connectivity index (χ3n) is 4.95. The Morgan fingerprint density at radius 3 is 2.72 bits per heavy atom. The molecule has 2 aliphatic heterocycles. The molecule has 2 N–H and O–H groups in total. The van der Waals surface area contributed by atoms with Crippen LogP contribution in [0.1, 0.15) is 41.6 Å². The van der Waals surface area contributed by atoms with Gasteiger partial charge in [-0.2, -0.15) is 13.2 Å². The lowest BCUT2D eigenvalue weighted by atomic mass is 10.0. The minimum absolute atomic E-state index is 0.159. The van der Waals surface area contributed by atoms with Gasteiger partial charge in [0, 0.05) is 24.4 Å². The van der Waals surface area contributed by atoms with E-state index in [9.17, 15) is 18.0 Å². The zero-order valence-corrected chi connectivity index (χ0v) is 18.3. The van der Waals surface area contributed by atoms with Gasteiger partial charge in [0.25, 0.3) is 5.91 Å². The van der Waals surface area contributed by atoms with Gasteiger partial charge in [-0.15, -0.1) is 0 Å². The largest absolute Gasteiger partial charge is 0.417 e.